The molecule has 17 nitrogen and oxygen atoms in total. The first kappa shape index (κ1) is 92.1. The number of aliphatic hydroxyl groups is 1. The molecule has 558 valence electrons. The number of carbonyl (C=O) groups is 4. The summed E-state index contributed by atoms with van der Waals surface area (Å²) < 4.78 is 68.4. The van der Waals surface area contributed by atoms with E-state index < -0.39 is 97.5 Å². The molecule has 0 radical (unpaired) electrons. The topological polar surface area (TPSA) is 237 Å². The Kier molecular flexibility index (Phi) is 65.5. The van der Waals surface area contributed by atoms with Crippen LogP contribution in [-0.4, -0.2) is 96.7 Å². The van der Waals surface area contributed by atoms with Gasteiger partial charge in [-0.15, -0.1) is 0 Å². The van der Waals surface area contributed by atoms with Gasteiger partial charge in [0.1, 0.15) is 19.3 Å². The van der Waals surface area contributed by atoms with Crippen molar-refractivity contribution < 1.29 is 80.2 Å². The SMILES string of the molecule is CCCCCCCCCCCCCCCCCCCCC(=O)OC[C@H](COP(=O)(O)OC[C@@H](O)COP(=O)(O)OC[C@@H](COC(=O)CCCCCCCCCCC)OC(=O)CCCCCCCCC(C)C)OC(=O)CCCCCCCCCCCCCCCCCC(C)C. The van der Waals surface area contributed by atoms with Crippen LogP contribution in [0.25, 0.3) is 0 Å². The Morgan fingerprint density at radius 3 is 0.723 bits per heavy atom. The highest BCUT2D eigenvalue weighted by Gasteiger charge is 2.30. The normalized spacial score (nSPS) is 14.0. The number of ether oxygens (including phenoxy) is 4. The summed E-state index contributed by atoms with van der Waals surface area (Å²) in [6.07, 6.45) is 54.4. The van der Waals surface area contributed by atoms with Crippen LogP contribution in [0.3, 0.4) is 0 Å². The number of hydrogen-bond donors (Lipinski definition) is 3. The van der Waals surface area contributed by atoms with Gasteiger partial charge in [-0.3, -0.25) is 37.3 Å². The second-order valence-electron chi connectivity index (χ2n) is 28.0. The average molecular weight is 1380 g/mol. The van der Waals surface area contributed by atoms with E-state index in [1.165, 1.54) is 205 Å². The average Bonchev–Trinajstić information content (AvgIpc) is 1.23. The van der Waals surface area contributed by atoms with Gasteiger partial charge in [0.25, 0.3) is 0 Å². The summed E-state index contributed by atoms with van der Waals surface area (Å²) in [7, 11) is -9.90. The maximum atomic E-state index is 13.1. The highest BCUT2D eigenvalue weighted by molar-refractivity contribution is 7.47. The molecule has 0 aromatic rings. The van der Waals surface area contributed by atoms with Gasteiger partial charge in [0.05, 0.1) is 26.4 Å². The number of esters is 4. The fraction of sp³-hybridized carbons (Fsp3) is 0.947. The lowest BCUT2D eigenvalue weighted by molar-refractivity contribution is -0.161. The molecule has 0 rings (SSSR count). The van der Waals surface area contributed by atoms with Gasteiger partial charge in [-0.2, -0.15) is 0 Å². The van der Waals surface area contributed by atoms with Crippen molar-refractivity contribution in [3.05, 3.63) is 0 Å². The van der Waals surface area contributed by atoms with E-state index in [-0.39, 0.29) is 25.7 Å². The molecule has 3 N–H and O–H groups in total. The van der Waals surface area contributed by atoms with E-state index in [4.69, 9.17) is 37.0 Å². The number of aliphatic hydroxyl groups excluding tert-OH is 1. The van der Waals surface area contributed by atoms with Crippen LogP contribution in [0.1, 0.15) is 388 Å². The Bertz CT molecular complexity index is 1820. The molecule has 0 heterocycles. The van der Waals surface area contributed by atoms with E-state index in [0.29, 0.717) is 31.6 Å². The molecule has 94 heavy (non-hydrogen) atoms. The molecular formula is C75H146O17P2. The second-order valence-corrected chi connectivity index (χ2v) is 30.9. The zero-order chi connectivity index (χ0) is 69.3. The van der Waals surface area contributed by atoms with Gasteiger partial charge in [-0.25, -0.2) is 9.13 Å². The quantitative estimate of drug-likeness (QED) is 0.0222. The van der Waals surface area contributed by atoms with Crippen molar-refractivity contribution in [2.24, 2.45) is 11.8 Å². The highest BCUT2D eigenvalue weighted by Crippen LogP contribution is 2.45. The maximum absolute atomic E-state index is 13.1. The lowest BCUT2D eigenvalue weighted by Gasteiger charge is -2.21. The van der Waals surface area contributed by atoms with Crippen molar-refractivity contribution in [3.63, 3.8) is 0 Å². The van der Waals surface area contributed by atoms with Crippen molar-refractivity contribution in [2.45, 2.75) is 407 Å². The third-order valence-corrected chi connectivity index (χ3v) is 19.4. The molecular weight excluding hydrogens is 1230 g/mol. The molecule has 0 aliphatic heterocycles. The van der Waals surface area contributed by atoms with Crippen LogP contribution in [-0.2, 0) is 65.4 Å². The smallest absolute Gasteiger partial charge is 0.462 e. The summed E-state index contributed by atoms with van der Waals surface area (Å²) in [4.78, 5) is 72.6. The van der Waals surface area contributed by atoms with E-state index in [2.05, 4.69) is 41.5 Å². The summed E-state index contributed by atoms with van der Waals surface area (Å²) in [6, 6.07) is 0. The van der Waals surface area contributed by atoms with Gasteiger partial charge >= 0.3 is 39.5 Å². The molecule has 0 fully saturated rings. The predicted octanol–water partition coefficient (Wildman–Crippen LogP) is 21.9. The molecule has 19 heteroatoms. The van der Waals surface area contributed by atoms with Gasteiger partial charge in [0.2, 0.25) is 0 Å². The fourth-order valence-corrected chi connectivity index (χ4v) is 13.1. The first-order valence-electron chi connectivity index (χ1n) is 39.0. The van der Waals surface area contributed by atoms with Crippen LogP contribution in [0.5, 0.6) is 0 Å². The predicted molar refractivity (Wildman–Crippen MR) is 381 cm³/mol. The van der Waals surface area contributed by atoms with E-state index in [1.54, 1.807) is 0 Å². The first-order valence-corrected chi connectivity index (χ1v) is 42.0. The number of unbranched alkanes of at least 4 members (excludes halogenated alkanes) is 44. The summed E-state index contributed by atoms with van der Waals surface area (Å²) in [5, 5.41) is 10.6. The van der Waals surface area contributed by atoms with E-state index in [9.17, 15) is 43.2 Å². The number of carbonyl (C=O) groups excluding carboxylic acids is 4. The summed E-state index contributed by atoms with van der Waals surface area (Å²) in [5.74, 6) is -0.651. The Labute approximate surface area is 575 Å². The van der Waals surface area contributed by atoms with Crippen LogP contribution in [0.2, 0.25) is 0 Å². The fourth-order valence-electron chi connectivity index (χ4n) is 11.5. The van der Waals surface area contributed by atoms with Crippen molar-refractivity contribution in [1.29, 1.82) is 0 Å². The van der Waals surface area contributed by atoms with Gasteiger partial charge in [-0.1, -0.05) is 337 Å². The first-order chi connectivity index (χ1) is 45.4. The molecule has 0 aromatic carbocycles. The monoisotopic (exact) mass is 1380 g/mol. The number of rotatable bonds is 74. The molecule has 0 amide bonds. The van der Waals surface area contributed by atoms with Crippen LogP contribution in [0, 0.1) is 11.8 Å². The van der Waals surface area contributed by atoms with Crippen molar-refractivity contribution in [2.75, 3.05) is 39.6 Å². The third-order valence-electron chi connectivity index (χ3n) is 17.5. The number of phosphoric ester groups is 2. The molecule has 0 saturated carbocycles. The van der Waals surface area contributed by atoms with Gasteiger partial charge in [0, 0.05) is 25.7 Å². The Hall–Kier alpha value is -1.94. The second kappa shape index (κ2) is 66.9. The minimum atomic E-state index is -4.96. The van der Waals surface area contributed by atoms with Gasteiger partial charge in [0.15, 0.2) is 12.2 Å². The third kappa shape index (κ3) is 68.6. The molecule has 0 aromatic heterocycles. The van der Waals surface area contributed by atoms with Crippen molar-refractivity contribution >= 4 is 39.5 Å². The van der Waals surface area contributed by atoms with E-state index in [0.717, 1.165) is 95.8 Å². The Balaban J connectivity index is 5.19. The summed E-state index contributed by atoms with van der Waals surface area (Å²) in [6.45, 7) is 9.50. The summed E-state index contributed by atoms with van der Waals surface area (Å²) >= 11 is 0. The molecule has 0 aliphatic carbocycles. The standard InChI is InChI=1S/C75H146O17P2/c1-7-9-11-13-15-17-18-19-20-21-22-25-28-31-35-39-46-52-58-73(78)86-63-70(91-74(79)59-53-47-40-36-32-29-26-23-24-27-30-34-37-43-49-55-67(3)4)65-89-93(81,82)87-61-69(76)62-88-94(83,84)90-66-71(92-75(80)60-54-48-42-41-44-50-56-68(5)6)64-85-72(77)57-51-45-38-33-16-14-12-10-8-2/h67-71,76H,7-66H2,1-6H3,(H,81,82)(H,83,84)/t69-,70-,71-/m1/s1. The minimum absolute atomic E-state index is 0.102. The van der Waals surface area contributed by atoms with Crippen molar-refractivity contribution in [3.8, 4) is 0 Å². The number of phosphoric acid groups is 2. The van der Waals surface area contributed by atoms with Crippen LogP contribution in [0.4, 0.5) is 0 Å². The number of hydrogen-bond acceptors (Lipinski definition) is 15. The molecule has 5 atom stereocenters. The zero-order valence-corrected chi connectivity index (χ0v) is 63.1. The lowest BCUT2D eigenvalue weighted by atomic mass is 10.0. The molecule has 0 aliphatic rings. The van der Waals surface area contributed by atoms with Crippen LogP contribution < -0.4 is 0 Å². The van der Waals surface area contributed by atoms with Gasteiger partial charge in [-0.05, 0) is 37.5 Å². The van der Waals surface area contributed by atoms with Crippen LogP contribution >= 0.6 is 15.6 Å². The van der Waals surface area contributed by atoms with E-state index in [1.807, 2.05) is 0 Å². The van der Waals surface area contributed by atoms with Gasteiger partial charge < -0.3 is 33.8 Å². The largest absolute Gasteiger partial charge is 0.472 e. The molecule has 0 spiro atoms. The molecule has 0 saturated heterocycles. The molecule has 0 bridgehead atoms. The summed E-state index contributed by atoms with van der Waals surface area (Å²) in [5.41, 5.74) is 0. The Morgan fingerprint density at radius 1 is 0.287 bits per heavy atom. The minimum Gasteiger partial charge on any atom is -0.462 e. The highest BCUT2D eigenvalue weighted by atomic mass is 31.2. The van der Waals surface area contributed by atoms with Crippen molar-refractivity contribution in [1.82, 2.24) is 0 Å². The Morgan fingerprint density at radius 2 is 0.489 bits per heavy atom. The molecule has 2 unspecified atom stereocenters. The zero-order valence-electron chi connectivity index (χ0n) is 61.3. The van der Waals surface area contributed by atoms with E-state index >= 15 is 0 Å². The maximum Gasteiger partial charge on any atom is 0.472 e. The van der Waals surface area contributed by atoms with Crippen LogP contribution in [0.15, 0.2) is 0 Å². The lowest BCUT2D eigenvalue weighted by Crippen LogP contribution is -2.30.